The lowest BCUT2D eigenvalue weighted by Gasteiger charge is -2.20. The molecule has 11 heteroatoms. The maximum atomic E-state index is 6.80. The Kier molecular flexibility index (Phi) is 23.2. The van der Waals surface area contributed by atoms with Gasteiger partial charge in [-0.05, 0) is 130 Å². The quantitative estimate of drug-likeness (QED) is 0.0419. The lowest BCUT2D eigenvalue weighted by Crippen LogP contribution is -2.13. The van der Waals surface area contributed by atoms with Crippen molar-refractivity contribution in [2.75, 3.05) is 26.4 Å². The van der Waals surface area contributed by atoms with Crippen LogP contribution in [0.4, 0.5) is 0 Å². The van der Waals surface area contributed by atoms with Gasteiger partial charge in [-0.15, -0.1) is 34.0 Å². The first-order valence-corrected chi connectivity index (χ1v) is 30.3. The van der Waals surface area contributed by atoms with Crippen LogP contribution in [0, 0.1) is 23.7 Å². The molecular formula is C58H78Br2N2O4S3. The summed E-state index contributed by atoms with van der Waals surface area (Å²) in [4.78, 5) is 16.1. The third-order valence-corrected chi connectivity index (χ3v) is 18.3. The SMILES string of the molecule is CCCCC(CC)COc1cc(OCC(CC)CCCC)cc(-c2nc3c(-c4ccc(Br)s4)sc(-c4ccc(Br)s4)c3nc2-c2cc(OCC(CC)CCCC)cc(OCC(CC)CCCC)c2)c1. The molecule has 0 radical (unpaired) electrons. The Morgan fingerprint density at radius 1 is 0.420 bits per heavy atom. The van der Waals surface area contributed by atoms with Gasteiger partial charge in [0.15, 0.2) is 0 Å². The first-order chi connectivity index (χ1) is 33.6. The highest BCUT2D eigenvalue weighted by Crippen LogP contribution is 2.49. The van der Waals surface area contributed by atoms with Crippen molar-refractivity contribution < 1.29 is 18.9 Å². The molecule has 4 aromatic heterocycles. The molecule has 4 heterocycles. The molecule has 0 aliphatic heterocycles. The number of rotatable bonds is 32. The molecule has 69 heavy (non-hydrogen) atoms. The summed E-state index contributed by atoms with van der Waals surface area (Å²) in [6, 6.07) is 21.4. The molecule has 0 spiro atoms. The summed E-state index contributed by atoms with van der Waals surface area (Å²) in [7, 11) is 0. The molecule has 4 unspecified atom stereocenters. The number of ether oxygens (including phenoxy) is 4. The van der Waals surface area contributed by atoms with Gasteiger partial charge in [0.1, 0.15) is 34.0 Å². The molecule has 0 N–H and O–H groups in total. The van der Waals surface area contributed by atoms with E-state index in [4.69, 9.17) is 28.9 Å². The fraction of sp³-hybridized carbons (Fsp3) is 0.552. The van der Waals surface area contributed by atoms with Crippen LogP contribution in [0.5, 0.6) is 23.0 Å². The van der Waals surface area contributed by atoms with E-state index in [2.05, 4.69) is 148 Å². The summed E-state index contributed by atoms with van der Waals surface area (Å²) < 4.78 is 29.4. The molecule has 6 rings (SSSR count). The molecule has 376 valence electrons. The third-order valence-electron chi connectivity index (χ3n) is 13.5. The second-order valence-corrected chi connectivity index (χ2v) is 24.8. The molecule has 0 fully saturated rings. The highest BCUT2D eigenvalue weighted by molar-refractivity contribution is 9.11. The molecule has 4 atom stereocenters. The van der Waals surface area contributed by atoms with Crippen LogP contribution in [0.1, 0.15) is 158 Å². The van der Waals surface area contributed by atoms with Gasteiger partial charge in [-0.3, -0.25) is 0 Å². The first kappa shape index (κ1) is 55.4. The minimum absolute atomic E-state index is 0.474. The number of aromatic nitrogens is 2. The van der Waals surface area contributed by atoms with Crippen molar-refractivity contribution in [3.63, 3.8) is 0 Å². The van der Waals surface area contributed by atoms with E-state index in [0.29, 0.717) is 50.1 Å². The van der Waals surface area contributed by atoms with Gasteiger partial charge in [-0.25, -0.2) is 9.97 Å². The van der Waals surface area contributed by atoms with E-state index >= 15 is 0 Å². The normalized spacial score (nSPS) is 13.4. The number of nitrogens with zero attached hydrogens (tertiary/aromatic N) is 2. The van der Waals surface area contributed by atoms with Crippen molar-refractivity contribution in [3.8, 4) is 65.0 Å². The summed E-state index contributed by atoms with van der Waals surface area (Å²) in [6.45, 7) is 20.8. The summed E-state index contributed by atoms with van der Waals surface area (Å²) in [5, 5.41) is 0. The minimum atomic E-state index is 0.474. The highest BCUT2D eigenvalue weighted by atomic mass is 79.9. The zero-order chi connectivity index (χ0) is 49.1. The van der Waals surface area contributed by atoms with Crippen LogP contribution in [0.2, 0.25) is 0 Å². The number of hydrogen-bond acceptors (Lipinski definition) is 9. The number of fused-ring (bicyclic) bond motifs is 1. The van der Waals surface area contributed by atoms with Gasteiger partial charge >= 0.3 is 0 Å². The molecule has 0 saturated heterocycles. The van der Waals surface area contributed by atoms with Gasteiger partial charge in [0.05, 0.1) is 55.1 Å². The molecule has 0 amide bonds. The number of unbranched alkanes of at least 4 members (excludes halogenated alkanes) is 4. The lowest BCUT2D eigenvalue weighted by molar-refractivity contribution is 0.223. The predicted octanol–water partition coefficient (Wildman–Crippen LogP) is 20.4. The second-order valence-electron chi connectivity index (χ2n) is 18.9. The van der Waals surface area contributed by atoms with E-state index < -0.39 is 0 Å². The summed E-state index contributed by atoms with van der Waals surface area (Å²) in [5.41, 5.74) is 5.12. The third kappa shape index (κ3) is 16.0. The maximum Gasteiger partial charge on any atom is 0.123 e. The zero-order valence-electron chi connectivity index (χ0n) is 42.7. The van der Waals surface area contributed by atoms with E-state index in [0.717, 1.165) is 135 Å². The highest BCUT2D eigenvalue weighted by Gasteiger charge is 2.25. The summed E-state index contributed by atoms with van der Waals surface area (Å²) in [5.74, 6) is 5.06. The Morgan fingerprint density at radius 2 is 0.725 bits per heavy atom. The smallest absolute Gasteiger partial charge is 0.123 e. The fourth-order valence-electron chi connectivity index (χ4n) is 8.76. The monoisotopic (exact) mass is 1120 g/mol. The number of hydrogen-bond donors (Lipinski definition) is 0. The van der Waals surface area contributed by atoms with Crippen LogP contribution < -0.4 is 18.9 Å². The zero-order valence-corrected chi connectivity index (χ0v) is 48.4. The van der Waals surface area contributed by atoms with Crippen molar-refractivity contribution >= 4 is 76.9 Å². The molecule has 0 aliphatic rings. The van der Waals surface area contributed by atoms with E-state index in [9.17, 15) is 0 Å². The fourth-order valence-corrected chi connectivity index (χ4v) is 12.9. The molecule has 6 aromatic rings. The van der Waals surface area contributed by atoms with Crippen LogP contribution in [-0.2, 0) is 0 Å². The number of halogens is 2. The van der Waals surface area contributed by atoms with Gasteiger partial charge in [0.25, 0.3) is 0 Å². The Balaban J connectivity index is 1.59. The van der Waals surface area contributed by atoms with Crippen LogP contribution in [-0.4, -0.2) is 36.4 Å². The van der Waals surface area contributed by atoms with Gasteiger partial charge in [0.2, 0.25) is 0 Å². The average Bonchev–Trinajstić information content (AvgIpc) is 4.11. The van der Waals surface area contributed by atoms with Gasteiger partial charge in [-0.1, -0.05) is 132 Å². The van der Waals surface area contributed by atoms with Crippen molar-refractivity contribution in [2.45, 2.75) is 158 Å². The largest absolute Gasteiger partial charge is 0.493 e. The minimum Gasteiger partial charge on any atom is -0.493 e. The van der Waals surface area contributed by atoms with Gasteiger partial charge in [0, 0.05) is 33.0 Å². The van der Waals surface area contributed by atoms with Crippen molar-refractivity contribution in [3.05, 3.63) is 68.2 Å². The Hall–Kier alpha value is -2.96. The van der Waals surface area contributed by atoms with Crippen molar-refractivity contribution in [1.82, 2.24) is 9.97 Å². The molecule has 0 bridgehead atoms. The average molecular weight is 1120 g/mol. The summed E-state index contributed by atoms with van der Waals surface area (Å²) >= 11 is 12.7. The second kappa shape index (κ2) is 28.9. The van der Waals surface area contributed by atoms with Crippen LogP contribution in [0.15, 0.2) is 68.2 Å². The summed E-state index contributed by atoms with van der Waals surface area (Å²) in [6.07, 6.45) is 18.4. The molecule has 2 aromatic carbocycles. The standard InChI is InChI=1S/C58H78Br2N2O4S3/c1-9-17-21-39(13-5)35-63-45-29-43(30-46(33-45)64-36-40(14-6)22-18-10-2)53-54(62-56-55(61-53)57(49-25-27-51(59)67-49)69-58(56)50-26-28-52(60)68-50)44-31-47(65-37-41(15-7)23-19-11-3)34-48(32-44)66-38-42(16-8)24-20-12-4/h25-34,39-42H,9-24,35-38H2,1-8H3. The van der Waals surface area contributed by atoms with E-state index in [-0.39, 0.29) is 0 Å². The molecular weight excluding hydrogens is 1040 g/mol. The van der Waals surface area contributed by atoms with Crippen molar-refractivity contribution in [2.24, 2.45) is 23.7 Å². The Labute approximate surface area is 444 Å². The van der Waals surface area contributed by atoms with Gasteiger partial charge in [-0.2, -0.15) is 0 Å². The Morgan fingerprint density at radius 3 is 0.971 bits per heavy atom. The van der Waals surface area contributed by atoms with Crippen LogP contribution >= 0.6 is 65.9 Å². The van der Waals surface area contributed by atoms with Crippen LogP contribution in [0.3, 0.4) is 0 Å². The van der Waals surface area contributed by atoms with E-state index in [1.54, 1.807) is 34.0 Å². The van der Waals surface area contributed by atoms with Crippen LogP contribution in [0.25, 0.3) is 53.1 Å². The van der Waals surface area contributed by atoms with E-state index in [1.807, 2.05) is 0 Å². The molecule has 0 aliphatic carbocycles. The van der Waals surface area contributed by atoms with E-state index in [1.165, 1.54) is 51.4 Å². The molecule has 0 saturated carbocycles. The maximum absolute atomic E-state index is 6.80. The lowest BCUT2D eigenvalue weighted by atomic mass is 9.99. The number of benzene rings is 2. The Bertz CT molecular complexity index is 2220. The topological polar surface area (TPSA) is 62.7 Å². The molecule has 6 nitrogen and oxygen atoms in total. The predicted molar refractivity (Wildman–Crippen MR) is 306 cm³/mol. The van der Waals surface area contributed by atoms with Crippen molar-refractivity contribution in [1.29, 1.82) is 0 Å². The number of thiophene rings is 3. The van der Waals surface area contributed by atoms with Gasteiger partial charge < -0.3 is 18.9 Å². The first-order valence-electron chi connectivity index (χ1n) is 26.3.